The first-order valence-electron chi connectivity index (χ1n) is 15.1. The molecule has 0 bridgehead atoms. The molecule has 0 aliphatic carbocycles. The highest BCUT2D eigenvalue weighted by Gasteiger charge is 2.40. The minimum atomic E-state index is -0.788. The third kappa shape index (κ3) is 8.49. The Morgan fingerprint density at radius 3 is 2.26 bits per heavy atom. The number of halogens is 3. The largest absolute Gasteiger partial charge is 0.457 e. The van der Waals surface area contributed by atoms with Crippen LogP contribution in [-0.4, -0.2) is 28.9 Å². The number of nitrogens with one attached hydrogen (secondary N) is 2. The summed E-state index contributed by atoms with van der Waals surface area (Å²) in [5.41, 5.74) is 1.10. The number of imide groups is 1. The number of amides is 4. The van der Waals surface area contributed by atoms with E-state index in [0.717, 1.165) is 15.4 Å². The van der Waals surface area contributed by atoms with Gasteiger partial charge in [-0.25, -0.2) is 9.29 Å². The lowest BCUT2D eigenvalue weighted by Gasteiger charge is -2.16. The van der Waals surface area contributed by atoms with Gasteiger partial charge in [-0.3, -0.25) is 19.2 Å². The van der Waals surface area contributed by atoms with Crippen molar-refractivity contribution >= 4 is 80.4 Å². The summed E-state index contributed by atoms with van der Waals surface area (Å²) in [5.74, 6) is -1.74. The molecular weight excluding hydrogens is 745 g/mol. The van der Waals surface area contributed by atoms with E-state index >= 15 is 0 Å². The number of carbonyl (C=O) groups is 4. The lowest BCUT2D eigenvalue weighted by atomic mass is 10.1. The normalized spacial score (nSPS) is 14.4. The van der Waals surface area contributed by atoms with E-state index in [2.05, 4.69) is 26.6 Å². The van der Waals surface area contributed by atoms with Crippen molar-refractivity contribution in [1.29, 1.82) is 0 Å². The van der Waals surface area contributed by atoms with Gasteiger partial charge in [0.1, 0.15) is 23.0 Å². The van der Waals surface area contributed by atoms with Gasteiger partial charge < -0.3 is 15.4 Å². The molecule has 250 valence electrons. The van der Waals surface area contributed by atoms with Crippen molar-refractivity contribution in [1.82, 2.24) is 5.32 Å². The van der Waals surface area contributed by atoms with Gasteiger partial charge >= 0.3 is 0 Å². The number of nitrogens with zero attached hydrogens (tertiary/aromatic N) is 1. The highest BCUT2D eigenvalue weighted by molar-refractivity contribution is 9.10. The molecule has 1 fully saturated rings. The third-order valence-electron chi connectivity index (χ3n) is 7.41. The van der Waals surface area contributed by atoms with Crippen LogP contribution in [0.4, 0.5) is 15.8 Å². The molecule has 0 spiro atoms. The molecule has 0 radical (unpaired) electrons. The Balaban J connectivity index is 1.14. The highest BCUT2D eigenvalue weighted by Crippen LogP contribution is 2.36. The SMILES string of the molecule is O=C(Nc1cccc(S[C@H]2CC(=O)N(c3ccc(Oc4ccc(Cl)cc4)cc3)C2=O)c1)/C(=C/c1ccc(Br)cc1)NC(=O)c1ccccc1F. The van der Waals surface area contributed by atoms with E-state index in [1.807, 2.05) is 0 Å². The van der Waals surface area contributed by atoms with Gasteiger partial charge in [0.05, 0.1) is 16.5 Å². The smallest absolute Gasteiger partial charge is 0.272 e. The van der Waals surface area contributed by atoms with Gasteiger partial charge in [-0.05, 0) is 103 Å². The van der Waals surface area contributed by atoms with E-state index in [1.165, 1.54) is 36.0 Å². The molecule has 2 N–H and O–H groups in total. The predicted molar refractivity (Wildman–Crippen MR) is 196 cm³/mol. The van der Waals surface area contributed by atoms with Crippen LogP contribution < -0.4 is 20.3 Å². The van der Waals surface area contributed by atoms with Gasteiger partial charge in [0.15, 0.2) is 0 Å². The molecule has 0 unspecified atom stereocenters. The van der Waals surface area contributed by atoms with Gasteiger partial charge in [0.25, 0.3) is 11.8 Å². The van der Waals surface area contributed by atoms with E-state index in [-0.39, 0.29) is 29.5 Å². The number of anilines is 2. The molecule has 1 atom stereocenters. The minimum Gasteiger partial charge on any atom is -0.457 e. The summed E-state index contributed by atoms with van der Waals surface area (Å²) < 4.78 is 21.0. The van der Waals surface area contributed by atoms with Crippen molar-refractivity contribution in [3.05, 3.63) is 153 Å². The third-order valence-corrected chi connectivity index (χ3v) is 9.37. The molecule has 0 aromatic heterocycles. The van der Waals surface area contributed by atoms with E-state index in [1.54, 1.807) is 97.1 Å². The molecule has 1 aliphatic rings. The Morgan fingerprint density at radius 1 is 0.880 bits per heavy atom. The number of hydrogen-bond donors (Lipinski definition) is 2. The van der Waals surface area contributed by atoms with Crippen LogP contribution in [-0.2, 0) is 14.4 Å². The van der Waals surface area contributed by atoms with Crippen LogP contribution in [0.1, 0.15) is 22.3 Å². The zero-order chi connectivity index (χ0) is 35.2. The fourth-order valence-corrected chi connectivity index (χ4v) is 6.50. The van der Waals surface area contributed by atoms with Gasteiger partial charge in [-0.2, -0.15) is 0 Å². The molecule has 5 aromatic carbocycles. The van der Waals surface area contributed by atoms with Crippen LogP contribution in [0.15, 0.2) is 136 Å². The lowest BCUT2D eigenvalue weighted by Crippen LogP contribution is -2.31. The number of thioether (sulfide) groups is 1. The van der Waals surface area contributed by atoms with Crippen LogP contribution in [0.25, 0.3) is 6.08 Å². The van der Waals surface area contributed by atoms with Crippen LogP contribution in [0, 0.1) is 5.82 Å². The Labute approximate surface area is 304 Å². The Morgan fingerprint density at radius 2 is 1.56 bits per heavy atom. The van der Waals surface area contributed by atoms with E-state index in [0.29, 0.717) is 38.4 Å². The van der Waals surface area contributed by atoms with Crippen LogP contribution in [0.2, 0.25) is 5.02 Å². The molecule has 0 saturated carbocycles. The Hall–Kier alpha value is -5.23. The second-order valence-electron chi connectivity index (χ2n) is 11.0. The number of benzene rings is 5. The van der Waals surface area contributed by atoms with Crippen molar-refractivity contribution in [2.24, 2.45) is 0 Å². The molecule has 1 heterocycles. The molecule has 12 heteroatoms. The van der Waals surface area contributed by atoms with E-state index in [4.69, 9.17) is 16.3 Å². The zero-order valence-electron chi connectivity index (χ0n) is 25.9. The van der Waals surface area contributed by atoms with Gasteiger partial charge in [-0.1, -0.05) is 57.9 Å². The fourth-order valence-electron chi connectivity index (χ4n) is 5.00. The number of hydrogen-bond acceptors (Lipinski definition) is 6. The summed E-state index contributed by atoms with van der Waals surface area (Å²) in [7, 11) is 0. The van der Waals surface area contributed by atoms with Crippen molar-refractivity contribution in [3.8, 4) is 11.5 Å². The summed E-state index contributed by atoms with van der Waals surface area (Å²) in [4.78, 5) is 54.7. The van der Waals surface area contributed by atoms with E-state index in [9.17, 15) is 23.6 Å². The van der Waals surface area contributed by atoms with Crippen LogP contribution >= 0.6 is 39.3 Å². The molecule has 6 rings (SSSR count). The first-order chi connectivity index (χ1) is 24.1. The molecular formula is C38H26BrClFN3O5S. The molecule has 4 amide bonds. The maximum atomic E-state index is 14.3. The van der Waals surface area contributed by atoms with Crippen molar-refractivity contribution in [2.45, 2.75) is 16.6 Å². The highest BCUT2D eigenvalue weighted by atomic mass is 79.9. The lowest BCUT2D eigenvalue weighted by molar-refractivity contribution is -0.121. The monoisotopic (exact) mass is 769 g/mol. The molecule has 5 aromatic rings. The van der Waals surface area contributed by atoms with Gasteiger partial charge in [-0.15, -0.1) is 11.8 Å². The Bertz CT molecular complexity index is 2110. The number of carbonyl (C=O) groups excluding carboxylic acids is 4. The summed E-state index contributed by atoms with van der Waals surface area (Å²) >= 11 is 10.5. The van der Waals surface area contributed by atoms with Crippen LogP contribution in [0.5, 0.6) is 11.5 Å². The maximum Gasteiger partial charge on any atom is 0.272 e. The van der Waals surface area contributed by atoms with Gasteiger partial charge in [0, 0.05) is 26.5 Å². The second kappa shape index (κ2) is 15.5. The molecule has 50 heavy (non-hydrogen) atoms. The Kier molecular flexibility index (Phi) is 10.8. The van der Waals surface area contributed by atoms with Crippen molar-refractivity contribution < 1.29 is 28.3 Å². The number of rotatable bonds is 10. The average Bonchev–Trinajstić information content (AvgIpc) is 3.38. The fraction of sp³-hybridized carbons (Fsp3) is 0.0526. The quantitative estimate of drug-likeness (QED) is 0.109. The first kappa shape index (κ1) is 34.6. The second-order valence-corrected chi connectivity index (χ2v) is 13.6. The summed E-state index contributed by atoms with van der Waals surface area (Å²) in [6.45, 7) is 0. The summed E-state index contributed by atoms with van der Waals surface area (Å²) in [5, 5.41) is 5.20. The topological polar surface area (TPSA) is 105 Å². The first-order valence-corrected chi connectivity index (χ1v) is 17.2. The average molecular weight is 771 g/mol. The summed E-state index contributed by atoms with van der Waals surface area (Å²) in [6, 6.07) is 32.9. The van der Waals surface area contributed by atoms with Crippen molar-refractivity contribution in [2.75, 3.05) is 10.2 Å². The van der Waals surface area contributed by atoms with Gasteiger partial charge in [0.2, 0.25) is 11.8 Å². The zero-order valence-corrected chi connectivity index (χ0v) is 29.1. The van der Waals surface area contributed by atoms with Crippen molar-refractivity contribution in [3.63, 3.8) is 0 Å². The molecule has 1 saturated heterocycles. The van der Waals surface area contributed by atoms with Crippen LogP contribution in [0.3, 0.4) is 0 Å². The molecule has 1 aliphatic heterocycles. The maximum absolute atomic E-state index is 14.3. The standard InChI is InChI=1S/C38H26BrClFN3O5S/c39-24-10-8-23(9-11-24)20-33(43-36(46)31-6-1-2-7-32(31)41)37(47)42-26-4-3-5-30(21-26)50-34-22-35(45)44(38(34)48)27-14-18-29(19-15-27)49-28-16-12-25(40)13-17-28/h1-21,34H,22H2,(H,42,47)(H,43,46)/b33-20-/t34-/m0/s1. The predicted octanol–water partition coefficient (Wildman–Crippen LogP) is 8.87. The van der Waals surface area contributed by atoms with E-state index < -0.39 is 22.9 Å². The minimum absolute atomic E-state index is 0.00866. The number of ether oxygens (including phenoxy) is 1. The summed E-state index contributed by atoms with van der Waals surface area (Å²) in [6.07, 6.45) is 1.47. The molecule has 8 nitrogen and oxygen atoms in total.